The molecule has 2 aliphatic heterocycles. The molecular weight excluding hydrogens is 354 g/mol. The van der Waals surface area contributed by atoms with Crippen LogP contribution in [-0.4, -0.2) is 64.6 Å². The van der Waals surface area contributed by atoms with E-state index in [0.717, 1.165) is 19.5 Å². The summed E-state index contributed by atoms with van der Waals surface area (Å²) >= 11 is 0. The fourth-order valence-corrected chi connectivity index (χ4v) is 4.85. The van der Waals surface area contributed by atoms with Gasteiger partial charge in [0, 0.05) is 25.2 Å². The molecule has 0 aromatic heterocycles. The number of sulfonamides is 1. The van der Waals surface area contributed by atoms with E-state index in [9.17, 15) is 13.2 Å². The molecule has 2 heterocycles. The minimum atomic E-state index is -3.59. The first kappa shape index (κ1) is 19.3. The second kappa shape index (κ2) is 8.94. The minimum Gasteiger partial charge on any atom is -0.379 e. The van der Waals surface area contributed by atoms with Crippen LogP contribution in [0.15, 0.2) is 29.2 Å². The lowest BCUT2D eigenvalue weighted by Crippen LogP contribution is -2.40. The summed E-state index contributed by atoms with van der Waals surface area (Å²) in [5, 5.41) is 6.28. The molecular formula is C18H27N3O4S. The first-order valence-electron chi connectivity index (χ1n) is 9.24. The van der Waals surface area contributed by atoms with E-state index in [4.69, 9.17) is 4.74 Å². The maximum Gasteiger partial charge on any atom is 0.251 e. The maximum atomic E-state index is 12.7. The van der Waals surface area contributed by atoms with Crippen molar-refractivity contribution in [1.29, 1.82) is 0 Å². The normalized spacial score (nSPS) is 22.1. The fraction of sp³-hybridized carbons (Fsp3) is 0.611. The van der Waals surface area contributed by atoms with Crippen molar-refractivity contribution in [3.05, 3.63) is 29.8 Å². The summed E-state index contributed by atoms with van der Waals surface area (Å²) in [7, 11) is -3.59. The first-order valence-corrected chi connectivity index (χ1v) is 10.7. The number of morpholine rings is 1. The van der Waals surface area contributed by atoms with Crippen LogP contribution >= 0.6 is 0 Å². The van der Waals surface area contributed by atoms with Gasteiger partial charge in [0.15, 0.2) is 0 Å². The van der Waals surface area contributed by atoms with E-state index in [2.05, 4.69) is 10.6 Å². The van der Waals surface area contributed by atoms with Crippen molar-refractivity contribution in [2.75, 3.05) is 45.9 Å². The van der Waals surface area contributed by atoms with Crippen LogP contribution in [0.25, 0.3) is 0 Å². The van der Waals surface area contributed by atoms with Gasteiger partial charge in [0.05, 0.1) is 18.1 Å². The summed E-state index contributed by atoms with van der Waals surface area (Å²) in [6.07, 6.45) is 3.31. The topological polar surface area (TPSA) is 87.7 Å². The second-order valence-electron chi connectivity index (χ2n) is 6.80. The lowest BCUT2D eigenvalue weighted by atomic mass is 9.96. The molecule has 1 unspecified atom stereocenters. The van der Waals surface area contributed by atoms with Crippen molar-refractivity contribution in [2.45, 2.75) is 24.2 Å². The summed E-state index contributed by atoms with van der Waals surface area (Å²) in [6, 6.07) is 6.26. The second-order valence-corrected chi connectivity index (χ2v) is 8.74. The van der Waals surface area contributed by atoms with Crippen LogP contribution in [0.5, 0.6) is 0 Å². The van der Waals surface area contributed by atoms with E-state index in [0.29, 0.717) is 44.3 Å². The number of carbonyl (C=O) groups is 1. The Morgan fingerprint density at radius 1 is 1.31 bits per heavy atom. The number of piperidine rings is 1. The molecule has 3 rings (SSSR count). The van der Waals surface area contributed by atoms with E-state index >= 15 is 0 Å². The Kier molecular flexibility index (Phi) is 6.63. The van der Waals surface area contributed by atoms with E-state index in [1.54, 1.807) is 12.1 Å². The van der Waals surface area contributed by atoms with Crippen molar-refractivity contribution in [2.24, 2.45) is 5.92 Å². The fourth-order valence-electron chi connectivity index (χ4n) is 3.40. The van der Waals surface area contributed by atoms with Gasteiger partial charge in [-0.1, -0.05) is 6.07 Å². The highest BCUT2D eigenvalue weighted by atomic mass is 32.2. The summed E-state index contributed by atoms with van der Waals surface area (Å²) in [6.45, 7) is 4.16. The molecule has 0 radical (unpaired) electrons. The molecule has 144 valence electrons. The van der Waals surface area contributed by atoms with Gasteiger partial charge < -0.3 is 15.4 Å². The number of nitrogens with zero attached hydrogens (tertiary/aromatic N) is 1. The van der Waals surface area contributed by atoms with E-state index in [1.165, 1.54) is 29.3 Å². The summed E-state index contributed by atoms with van der Waals surface area (Å²) in [5.74, 6) is 0.366. The van der Waals surface area contributed by atoms with Crippen LogP contribution in [0, 0.1) is 5.92 Å². The first-order chi connectivity index (χ1) is 12.6. The van der Waals surface area contributed by atoms with Crippen molar-refractivity contribution >= 4 is 15.9 Å². The average molecular weight is 381 g/mol. The Hall–Kier alpha value is -1.48. The molecule has 1 amide bonds. The Balaban J connectivity index is 1.59. The molecule has 0 aliphatic carbocycles. The average Bonchev–Trinajstić information content (AvgIpc) is 2.69. The van der Waals surface area contributed by atoms with Crippen molar-refractivity contribution in [1.82, 2.24) is 14.9 Å². The number of rotatable bonds is 6. The molecule has 2 N–H and O–H groups in total. The van der Waals surface area contributed by atoms with Gasteiger partial charge in [0.25, 0.3) is 5.91 Å². The standard InChI is InChI=1S/C18H27N3O4S/c22-18(20-8-6-15-3-2-7-19-14-15)16-4-1-5-17(13-16)26(23,24)21-9-11-25-12-10-21/h1,4-5,13,15,19H,2-3,6-12,14H2,(H,20,22). The third-order valence-corrected chi connectivity index (χ3v) is 6.84. The largest absolute Gasteiger partial charge is 0.379 e. The lowest BCUT2D eigenvalue weighted by Gasteiger charge is -2.26. The Morgan fingerprint density at radius 2 is 2.12 bits per heavy atom. The van der Waals surface area contributed by atoms with Crippen LogP contribution in [-0.2, 0) is 14.8 Å². The number of nitrogens with one attached hydrogen (secondary N) is 2. The molecule has 1 aromatic rings. The molecule has 26 heavy (non-hydrogen) atoms. The molecule has 0 saturated carbocycles. The highest BCUT2D eigenvalue weighted by Gasteiger charge is 2.26. The van der Waals surface area contributed by atoms with Gasteiger partial charge in [-0.15, -0.1) is 0 Å². The van der Waals surface area contributed by atoms with E-state index in [1.807, 2.05) is 0 Å². The number of benzene rings is 1. The number of amides is 1. The van der Waals surface area contributed by atoms with Gasteiger partial charge >= 0.3 is 0 Å². The lowest BCUT2D eigenvalue weighted by molar-refractivity contribution is 0.0730. The molecule has 1 atom stereocenters. The highest BCUT2D eigenvalue weighted by molar-refractivity contribution is 7.89. The van der Waals surface area contributed by atoms with Crippen LogP contribution in [0.4, 0.5) is 0 Å². The number of hydrogen-bond acceptors (Lipinski definition) is 5. The molecule has 7 nitrogen and oxygen atoms in total. The summed E-state index contributed by atoms with van der Waals surface area (Å²) < 4.78 is 32.0. The molecule has 2 fully saturated rings. The zero-order valence-electron chi connectivity index (χ0n) is 14.9. The summed E-state index contributed by atoms with van der Waals surface area (Å²) in [5.41, 5.74) is 0.376. The monoisotopic (exact) mass is 381 g/mol. The SMILES string of the molecule is O=C(NCCC1CCCNC1)c1cccc(S(=O)(=O)N2CCOCC2)c1. The van der Waals surface area contributed by atoms with Crippen LogP contribution in [0.2, 0.25) is 0 Å². The van der Waals surface area contributed by atoms with E-state index < -0.39 is 10.0 Å². The van der Waals surface area contributed by atoms with Crippen LogP contribution in [0.3, 0.4) is 0 Å². The van der Waals surface area contributed by atoms with E-state index in [-0.39, 0.29) is 10.8 Å². The third-order valence-electron chi connectivity index (χ3n) is 4.94. The van der Waals surface area contributed by atoms with Crippen molar-refractivity contribution < 1.29 is 17.9 Å². The maximum absolute atomic E-state index is 12.7. The molecule has 8 heteroatoms. The zero-order chi connectivity index (χ0) is 18.4. The minimum absolute atomic E-state index is 0.156. The number of hydrogen-bond donors (Lipinski definition) is 2. The third kappa shape index (κ3) is 4.82. The smallest absolute Gasteiger partial charge is 0.251 e. The van der Waals surface area contributed by atoms with Crippen LogP contribution in [0.1, 0.15) is 29.6 Å². The van der Waals surface area contributed by atoms with Crippen molar-refractivity contribution in [3.8, 4) is 0 Å². The highest BCUT2D eigenvalue weighted by Crippen LogP contribution is 2.18. The predicted octanol–water partition coefficient (Wildman–Crippen LogP) is 0.827. The predicted molar refractivity (Wildman–Crippen MR) is 98.6 cm³/mol. The Bertz CT molecular complexity index is 711. The van der Waals surface area contributed by atoms with Gasteiger partial charge in [0.1, 0.15) is 0 Å². The van der Waals surface area contributed by atoms with Gasteiger partial charge in [-0.3, -0.25) is 4.79 Å². The van der Waals surface area contributed by atoms with Gasteiger partial charge in [0.2, 0.25) is 10.0 Å². The molecule has 1 aromatic carbocycles. The Morgan fingerprint density at radius 3 is 2.85 bits per heavy atom. The van der Waals surface area contributed by atoms with Gasteiger partial charge in [-0.25, -0.2) is 8.42 Å². The zero-order valence-corrected chi connectivity index (χ0v) is 15.8. The van der Waals surface area contributed by atoms with Gasteiger partial charge in [-0.05, 0) is 56.5 Å². The summed E-state index contributed by atoms with van der Waals surface area (Å²) in [4.78, 5) is 12.5. The Labute approximate surface area is 155 Å². The number of carbonyl (C=O) groups excluding carboxylic acids is 1. The number of ether oxygens (including phenoxy) is 1. The quantitative estimate of drug-likeness (QED) is 0.762. The molecule has 0 spiro atoms. The molecule has 0 bridgehead atoms. The van der Waals surface area contributed by atoms with Crippen molar-refractivity contribution in [3.63, 3.8) is 0 Å². The molecule has 2 aliphatic rings. The van der Waals surface area contributed by atoms with Gasteiger partial charge in [-0.2, -0.15) is 4.31 Å². The molecule has 2 saturated heterocycles. The van der Waals surface area contributed by atoms with Crippen LogP contribution < -0.4 is 10.6 Å².